The zero-order valence-electron chi connectivity index (χ0n) is 10.9. The number of aryl methyl sites for hydroxylation is 1. The molecule has 1 aliphatic heterocycles. The number of halogens is 1. The van der Waals surface area contributed by atoms with Crippen LogP contribution in [0, 0.1) is 6.92 Å². The Kier molecular flexibility index (Phi) is 4.58. The van der Waals surface area contributed by atoms with Gasteiger partial charge in [-0.05, 0) is 49.9 Å². The number of likely N-dealkylation sites (tertiary alicyclic amines) is 1. The lowest BCUT2D eigenvalue weighted by molar-refractivity contribution is 0.0681. The van der Waals surface area contributed by atoms with Crippen molar-refractivity contribution in [3.8, 4) is 0 Å². The molecule has 1 aliphatic rings. The minimum Gasteiger partial charge on any atom is -0.392 e. The lowest BCUT2D eigenvalue weighted by Gasteiger charge is -2.35. The van der Waals surface area contributed by atoms with Gasteiger partial charge in [0.05, 0.1) is 11.0 Å². The van der Waals surface area contributed by atoms with Gasteiger partial charge in [-0.15, -0.1) is 0 Å². The number of nitrogens with zero attached hydrogens (tertiary/aromatic N) is 1. The van der Waals surface area contributed by atoms with E-state index >= 15 is 0 Å². The Hall–Kier alpha value is -0.940. The van der Waals surface area contributed by atoms with E-state index in [9.17, 15) is 4.79 Å². The van der Waals surface area contributed by atoms with Crippen LogP contribution in [0.2, 0.25) is 0 Å². The topological polar surface area (TPSA) is 46.3 Å². The minimum absolute atomic E-state index is 0.0156. The Balaban J connectivity index is 2.28. The molecule has 0 aromatic heterocycles. The Morgan fingerprint density at radius 2 is 2.16 bits per heavy atom. The molecule has 1 atom stereocenters. The molecule has 5 heteroatoms. The van der Waals surface area contributed by atoms with Gasteiger partial charge < -0.3 is 10.6 Å². The van der Waals surface area contributed by atoms with Gasteiger partial charge in [0.15, 0.2) is 0 Å². The number of carbonyl (C=O) groups is 1. The summed E-state index contributed by atoms with van der Waals surface area (Å²) in [5.74, 6) is 0.0156. The third-order valence-electron chi connectivity index (χ3n) is 3.38. The van der Waals surface area contributed by atoms with Crippen LogP contribution in [-0.4, -0.2) is 28.4 Å². The van der Waals surface area contributed by atoms with E-state index in [1.807, 2.05) is 30.0 Å². The molecule has 0 spiro atoms. The zero-order valence-corrected chi connectivity index (χ0v) is 13.3. The summed E-state index contributed by atoms with van der Waals surface area (Å²) < 4.78 is 0.916. The van der Waals surface area contributed by atoms with Crippen molar-refractivity contribution in [3.05, 3.63) is 33.8 Å². The van der Waals surface area contributed by atoms with Gasteiger partial charge >= 0.3 is 0 Å². The lowest BCUT2D eigenvalue weighted by atomic mass is 10.0. The van der Waals surface area contributed by atoms with Gasteiger partial charge in [0.25, 0.3) is 5.91 Å². The van der Waals surface area contributed by atoms with E-state index in [-0.39, 0.29) is 11.9 Å². The fraction of sp³-hybridized carbons (Fsp3) is 0.429. The molecule has 1 amide bonds. The van der Waals surface area contributed by atoms with E-state index < -0.39 is 0 Å². The molecule has 1 aromatic rings. The minimum atomic E-state index is -0.101. The van der Waals surface area contributed by atoms with Crippen molar-refractivity contribution < 1.29 is 4.79 Å². The van der Waals surface area contributed by atoms with Crippen molar-refractivity contribution in [1.29, 1.82) is 0 Å². The summed E-state index contributed by atoms with van der Waals surface area (Å²) in [5.41, 5.74) is 7.51. The van der Waals surface area contributed by atoms with E-state index in [2.05, 4.69) is 15.9 Å². The van der Waals surface area contributed by atoms with Gasteiger partial charge in [-0.1, -0.05) is 28.1 Å². The summed E-state index contributed by atoms with van der Waals surface area (Å²) >= 11 is 8.52. The normalized spacial score (nSPS) is 19.3. The first kappa shape index (κ1) is 14.5. The van der Waals surface area contributed by atoms with Crippen LogP contribution in [0.3, 0.4) is 0 Å². The van der Waals surface area contributed by atoms with Crippen LogP contribution in [-0.2, 0) is 0 Å². The number of hydrogen-bond acceptors (Lipinski definition) is 2. The zero-order chi connectivity index (χ0) is 14.0. The number of piperidine rings is 1. The number of thiocarbonyl (C=S) groups is 1. The SMILES string of the molecule is Cc1cc(Br)cc(C(=O)N2CCCCC2C(N)=S)c1. The molecule has 0 radical (unpaired) electrons. The molecular weight excluding hydrogens is 324 g/mol. The maximum atomic E-state index is 12.6. The second-order valence-corrected chi connectivity index (χ2v) is 6.32. The van der Waals surface area contributed by atoms with Gasteiger partial charge in [-0.3, -0.25) is 4.79 Å². The molecule has 1 saturated heterocycles. The predicted octanol–water partition coefficient (Wildman–Crippen LogP) is 3.04. The molecule has 0 bridgehead atoms. The molecule has 2 N–H and O–H groups in total. The molecule has 1 unspecified atom stereocenters. The van der Waals surface area contributed by atoms with Crippen LogP contribution in [0.25, 0.3) is 0 Å². The molecule has 1 heterocycles. The highest BCUT2D eigenvalue weighted by Gasteiger charge is 2.29. The maximum Gasteiger partial charge on any atom is 0.254 e. The molecular formula is C14H17BrN2OS. The second-order valence-electron chi connectivity index (χ2n) is 4.93. The fourth-order valence-electron chi connectivity index (χ4n) is 2.50. The largest absolute Gasteiger partial charge is 0.392 e. The first-order valence-electron chi connectivity index (χ1n) is 6.36. The molecule has 19 heavy (non-hydrogen) atoms. The smallest absolute Gasteiger partial charge is 0.254 e. The van der Waals surface area contributed by atoms with Crippen molar-refractivity contribution in [1.82, 2.24) is 4.90 Å². The van der Waals surface area contributed by atoms with Crippen LogP contribution in [0.1, 0.15) is 35.2 Å². The summed E-state index contributed by atoms with van der Waals surface area (Å²) in [5, 5.41) is 0. The second kappa shape index (κ2) is 6.01. The number of hydrogen-bond donors (Lipinski definition) is 1. The van der Waals surface area contributed by atoms with E-state index in [0.29, 0.717) is 10.6 Å². The van der Waals surface area contributed by atoms with Crippen molar-refractivity contribution >= 4 is 39.0 Å². The molecule has 0 aliphatic carbocycles. The number of amides is 1. The average Bonchev–Trinajstić information content (AvgIpc) is 2.36. The van der Waals surface area contributed by atoms with Crippen molar-refractivity contribution in [2.24, 2.45) is 5.73 Å². The Morgan fingerprint density at radius 3 is 2.79 bits per heavy atom. The number of rotatable bonds is 2. The highest BCUT2D eigenvalue weighted by molar-refractivity contribution is 9.10. The van der Waals surface area contributed by atoms with E-state index in [0.717, 1.165) is 35.8 Å². The highest BCUT2D eigenvalue weighted by Crippen LogP contribution is 2.22. The van der Waals surface area contributed by atoms with E-state index in [1.54, 1.807) is 0 Å². The van der Waals surface area contributed by atoms with Gasteiger partial charge in [-0.25, -0.2) is 0 Å². The average molecular weight is 341 g/mol. The van der Waals surface area contributed by atoms with E-state index in [4.69, 9.17) is 18.0 Å². The van der Waals surface area contributed by atoms with Crippen molar-refractivity contribution in [3.63, 3.8) is 0 Å². The Bertz CT molecular complexity index is 498. The molecule has 3 nitrogen and oxygen atoms in total. The van der Waals surface area contributed by atoms with Crippen LogP contribution >= 0.6 is 28.1 Å². The third-order valence-corrected chi connectivity index (χ3v) is 4.11. The van der Waals surface area contributed by atoms with Gasteiger partial charge in [-0.2, -0.15) is 0 Å². The third kappa shape index (κ3) is 3.34. The predicted molar refractivity (Wildman–Crippen MR) is 84.3 cm³/mol. The standard InChI is InChI=1S/C14H17BrN2OS/c1-9-6-10(8-11(15)7-9)14(18)17-5-3-2-4-12(17)13(16)19/h6-8,12H,2-5H2,1H3,(H2,16,19). The number of carbonyl (C=O) groups excluding carboxylic acids is 1. The first-order valence-corrected chi connectivity index (χ1v) is 7.56. The van der Waals surface area contributed by atoms with Gasteiger partial charge in [0.1, 0.15) is 0 Å². The first-order chi connectivity index (χ1) is 8.99. The Morgan fingerprint density at radius 1 is 1.42 bits per heavy atom. The summed E-state index contributed by atoms with van der Waals surface area (Å²) in [7, 11) is 0. The van der Waals surface area contributed by atoms with Gasteiger partial charge in [0.2, 0.25) is 0 Å². The van der Waals surface area contributed by atoms with Crippen molar-refractivity contribution in [2.45, 2.75) is 32.2 Å². The fourth-order valence-corrected chi connectivity index (χ4v) is 3.35. The van der Waals surface area contributed by atoms with Crippen LogP contribution in [0.5, 0.6) is 0 Å². The number of nitrogens with two attached hydrogens (primary N) is 1. The summed E-state index contributed by atoms with van der Waals surface area (Å²) in [6.07, 6.45) is 2.95. The molecule has 2 rings (SSSR count). The van der Waals surface area contributed by atoms with Crippen LogP contribution < -0.4 is 5.73 Å². The van der Waals surface area contributed by atoms with Crippen LogP contribution in [0.4, 0.5) is 0 Å². The highest BCUT2D eigenvalue weighted by atomic mass is 79.9. The maximum absolute atomic E-state index is 12.6. The van der Waals surface area contributed by atoms with Gasteiger partial charge in [0, 0.05) is 16.6 Å². The van der Waals surface area contributed by atoms with E-state index in [1.165, 1.54) is 0 Å². The quantitative estimate of drug-likeness (QED) is 0.841. The summed E-state index contributed by atoms with van der Waals surface area (Å²) in [6.45, 7) is 2.70. The summed E-state index contributed by atoms with van der Waals surface area (Å²) in [6, 6.07) is 5.63. The van der Waals surface area contributed by atoms with Crippen LogP contribution in [0.15, 0.2) is 22.7 Å². The Labute approximate surface area is 127 Å². The number of benzene rings is 1. The summed E-state index contributed by atoms with van der Waals surface area (Å²) in [4.78, 5) is 14.8. The molecule has 102 valence electrons. The molecule has 1 fully saturated rings. The molecule has 1 aromatic carbocycles. The molecule has 0 saturated carbocycles. The monoisotopic (exact) mass is 340 g/mol. The lowest BCUT2D eigenvalue weighted by Crippen LogP contribution is -2.49. The van der Waals surface area contributed by atoms with Crippen molar-refractivity contribution in [2.75, 3.05) is 6.54 Å².